The molecule has 2 amide bonds. The fourth-order valence-electron chi connectivity index (χ4n) is 3.70. The van der Waals surface area contributed by atoms with Crippen molar-refractivity contribution in [2.45, 2.75) is 12.3 Å². The number of nitrogens with zero attached hydrogens (tertiary/aromatic N) is 1. The summed E-state index contributed by atoms with van der Waals surface area (Å²) < 4.78 is 19.4. The van der Waals surface area contributed by atoms with Gasteiger partial charge >= 0.3 is 0 Å². The smallest absolute Gasteiger partial charge is 0.237 e. The van der Waals surface area contributed by atoms with Crippen LogP contribution in [0.2, 0.25) is 0 Å². The summed E-state index contributed by atoms with van der Waals surface area (Å²) in [6, 6.07) is 11.8. The molecule has 1 saturated heterocycles. The Bertz CT molecular complexity index is 883. The lowest BCUT2D eigenvalue weighted by Crippen LogP contribution is -2.33. The standard InChI is InChI=1S/C20H19FN2O3/c1-23-11-14(12-6-7-17-13(10-12)8-9-26-17)18(20(23)25)19(24)22-16-5-3-2-4-15(16)21/h2-7,10,14,18H,8-9,11H2,1H3,(H,22,24)/t14-,18+/m1/s1. The molecule has 2 heterocycles. The molecule has 26 heavy (non-hydrogen) atoms. The molecule has 2 aliphatic rings. The second-order valence-electron chi connectivity index (χ2n) is 6.74. The molecule has 2 aromatic rings. The highest BCUT2D eigenvalue weighted by Crippen LogP contribution is 2.37. The maximum Gasteiger partial charge on any atom is 0.237 e. The number of likely N-dealkylation sites (tertiary alicyclic amines) is 1. The van der Waals surface area contributed by atoms with Crippen LogP contribution < -0.4 is 10.1 Å². The zero-order valence-electron chi connectivity index (χ0n) is 14.4. The molecule has 0 saturated carbocycles. The number of halogens is 1. The first-order valence-corrected chi connectivity index (χ1v) is 8.60. The topological polar surface area (TPSA) is 58.6 Å². The lowest BCUT2D eigenvalue weighted by Gasteiger charge is -2.18. The third-order valence-electron chi connectivity index (χ3n) is 5.07. The van der Waals surface area contributed by atoms with Crippen molar-refractivity contribution in [1.29, 1.82) is 0 Å². The van der Waals surface area contributed by atoms with Gasteiger partial charge in [0.25, 0.3) is 0 Å². The Morgan fingerprint density at radius 3 is 2.88 bits per heavy atom. The number of rotatable bonds is 3. The maximum absolute atomic E-state index is 13.9. The van der Waals surface area contributed by atoms with E-state index in [-0.39, 0.29) is 17.5 Å². The number of ether oxygens (including phenoxy) is 1. The summed E-state index contributed by atoms with van der Waals surface area (Å²) in [5, 5.41) is 2.57. The molecule has 5 nitrogen and oxygen atoms in total. The summed E-state index contributed by atoms with van der Waals surface area (Å²) >= 11 is 0. The molecular weight excluding hydrogens is 335 g/mol. The zero-order valence-corrected chi connectivity index (χ0v) is 14.4. The van der Waals surface area contributed by atoms with E-state index in [1.807, 2.05) is 18.2 Å². The number of benzene rings is 2. The van der Waals surface area contributed by atoms with E-state index in [2.05, 4.69) is 5.32 Å². The van der Waals surface area contributed by atoms with Crippen LogP contribution in [0.1, 0.15) is 17.0 Å². The summed E-state index contributed by atoms with van der Waals surface area (Å²) in [5.41, 5.74) is 2.11. The van der Waals surface area contributed by atoms with Gasteiger partial charge < -0.3 is 15.0 Å². The van der Waals surface area contributed by atoms with Crippen LogP contribution in [0.25, 0.3) is 0 Å². The van der Waals surface area contributed by atoms with E-state index in [0.717, 1.165) is 23.3 Å². The highest BCUT2D eigenvalue weighted by molar-refractivity contribution is 6.08. The predicted octanol–water partition coefficient (Wildman–Crippen LogP) is 2.57. The van der Waals surface area contributed by atoms with Crippen LogP contribution in [0, 0.1) is 11.7 Å². The first-order valence-electron chi connectivity index (χ1n) is 8.60. The Morgan fingerprint density at radius 2 is 2.08 bits per heavy atom. The minimum atomic E-state index is -0.875. The average Bonchev–Trinajstić information content (AvgIpc) is 3.21. The van der Waals surface area contributed by atoms with Crippen LogP contribution in [0.5, 0.6) is 5.75 Å². The molecule has 134 valence electrons. The number of carbonyl (C=O) groups is 2. The van der Waals surface area contributed by atoms with Gasteiger partial charge in [0, 0.05) is 25.9 Å². The molecule has 0 unspecified atom stereocenters. The number of fused-ring (bicyclic) bond motifs is 1. The molecule has 0 aromatic heterocycles. The fourth-order valence-corrected chi connectivity index (χ4v) is 3.70. The average molecular weight is 354 g/mol. The molecule has 1 fully saturated rings. The van der Waals surface area contributed by atoms with E-state index in [1.165, 1.54) is 12.1 Å². The molecule has 6 heteroatoms. The highest BCUT2D eigenvalue weighted by atomic mass is 19.1. The van der Waals surface area contributed by atoms with Crippen molar-refractivity contribution in [1.82, 2.24) is 4.90 Å². The first-order chi connectivity index (χ1) is 12.5. The number of carbonyl (C=O) groups excluding carboxylic acids is 2. The Labute approximate surface area is 150 Å². The van der Waals surface area contributed by atoms with Gasteiger partial charge in [-0.15, -0.1) is 0 Å². The van der Waals surface area contributed by atoms with Gasteiger partial charge in [0.15, 0.2) is 0 Å². The van der Waals surface area contributed by atoms with E-state index in [4.69, 9.17) is 4.74 Å². The van der Waals surface area contributed by atoms with Gasteiger partial charge in [-0.3, -0.25) is 9.59 Å². The number of anilines is 1. The predicted molar refractivity (Wildman–Crippen MR) is 94.5 cm³/mol. The van der Waals surface area contributed by atoms with Gasteiger partial charge in [-0.1, -0.05) is 24.3 Å². The minimum Gasteiger partial charge on any atom is -0.493 e. The maximum atomic E-state index is 13.9. The lowest BCUT2D eigenvalue weighted by molar-refractivity contribution is -0.135. The van der Waals surface area contributed by atoms with Crippen molar-refractivity contribution in [3.05, 3.63) is 59.4 Å². The van der Waals surface area contributed by atoms with Crippen molar-refractivity contribution in [2.75, 3.05) is 25.5 Å². The largest absolute Gasteiger partial charge is 0.493 e. The second-order valence-corrected chi connectivity index (χ2v) is 6.74. The molecule has 2 atom stereocenters. The van der Waals surface area contributed by atoms with Gasteiger partial charge in [-0.25, -0.2) is 4.39 Å². The van der Waals surface area contributed by atoms with Crippen molar-refractivity contribution in [3.63, 3.8) is 0 Å². The number of hydrogen-bond acceptors (Lipinski definition) is 3. The zero-order chi connectivity index (χ0) is 18.3. The van der Waals surface area contributed by atoms with Gasteiger partial charge in [0.05, 0.1) is 12.3 Å². The van der Waals surface area contributed by atoms with Gasteiger partial charge in [-0.2, -0.15) is 0 Å². The molecule has 2 aliphatic heterocycles. The Kier molecular flexibility index (Phi) is 4.11. The van der Waals surface area contributed by atoms with Crippen molar-refractivity contribution >= 4 is 17.5 Å². The molecule has 4 rings (SSSR count). The number of para-hydroxylation sites is 1. The van der Waals surface area contributed by atoms with Crippen LogP contribution in [0.4, 0.5) is 10.1 Å². The minimum absolute atomic E-state index is 0.0842. The van der Waals surface area contributed by atoms with Crippen LogP contribution in [-0.4, -0.2) is 36.9 Å². The van der Waals surface area contributed by atoms with Crippen molar-refractivity contribution in [2.24, 2.45) is 5.92 Å². The van der Waals surface area contributed by atoms with Crippen LogP contribution in [0.3, 0.4) is 0 Å². The van der Waals surface area contributed by atoms with E-state index in [0.29, 0.717) is 13.2 Å². The Hall–Kier alpha value is -2.89. The summed E-state index contributed by atoms with van der Waals surface area (Å²) in [6.07, 6.45) is 0.825. The van der Waals surface area contributed by atoms with Crippen LogP contribution in [0.15, 0.2) is 42.5 Å². The lowest BCUT2D eigenvalue weighted by atomic mass is 9.87. The molecule has 1 N–H and O–H groups in total. The van der Waals surface area contributed by atoms with E-state index >= 15 is 0 Å². The molecule has 0 spiro atoms. The summed E-state index contributed by atoms with van der Waals surface area (Å²) in [4.78, 5) is 26.9. The third-order valence-corrected chi connectivity index (χ3v) is 5.07. The van der Waals surface area contributed by atoms with E-state index in [9.17, 15) is 14.0 Å². The Balaban J connectivity index is 1.63. The highest BCUT2D eigenvalue weighted by Gasteiger charge is 2.44. The third kappa shape index (κ3) is 2.81. The Morgan fingerprint density at radius 1 is 1.27 bits per heavy atom. The SMILES string of the molecule is CN1C[C@H](c2ccc3c(c2)CCO3)[C@@H](C(=O)Nc2ccccc2F)C1=O. The van der Waals surface area contributed by atoms with E-state index < -0.39 is 17.6 Å². The monoisotopic (exact) mass is 354 g/mol. The van der Waals surface area contributed by atoms with Crippen molar-refractivity contribution in [3.8, 4) is 5.75 Å². The molecule has 0 bridgehead atoms. The van der Waals surface area contributed by atoms with Crippen LogP contribution >= 0.6 is 0 Å². The molecular formula is C20H19FN2O3. The first kappa shape index (κ1) is 16.6. The summed E-state index contributed by atoms with van der Waals surface area (Å²) in [6.45, 7) is 1.10. The molecule has 0 aliphatic carbocycles. The van der Waals surface area contributed by atoms with Crippen molar-refractivity contribution < 1.29 is 18.7 Å². The number of amides is 2. The van der Waals surface area contributed by atoms with Gasteiger partial charge in [-0.05, 0) is 29.3 Å². The summed E-state index contributed by atoms with van der Waals surface area (Å²) in [5.74, 6) is -1.54. The number of nitrogens with one attached hydrogen (secondary N) is 1. The summed E-state index contributed by atoms with van der Waals surface area (Å²) in [7, 11) is 1.68. The molecule has 0 radical (unpaired) electrons. The second kappa shape index (κ2) is 6.44. The van der Waals surface area contributed by atoms with E-state index in [1.54, 1.807) is 24.1 Å². The van der Waals surface area contributed by atoms with Gasteiger partial charge in [0.2, 0.25) is 11.8 Å². The fraction of sp³-hybridized carbons (Fsp3) is 0.300. The van der Waals surface area contributed by atoms with Crippen LogP contribution in [-0.2, 0) is 16.0 Å². The molecule has 2 aromatic carbocycles. The number of likely N-dealkylation sites (N-methyl/N-ethyl adjacent to an activating group) is 1. The quantitative estimate of drug-likeness (QED) is 0.862. The normalized spacial score (nSPS) is 21.5. The van der Waals surface area contributed by atoms with Gasteiger partial charge in [0.1, 0.15) is 17.5 Å². The number of hydrogen-bond donors (Lipinski definition) is 1.